The SMILES string of the molecule is CC(C)(CCO)Nc1ccc2cnccc2c1N. The number of hydrogen-bond acceptors (Lipinski definition) is 4. The molecule has 2 rings (SSSR count). The largest absolute Gasteiger partial charge is 0.397 e. The molecule has 0 saturated heterocycles. The van der Waals surface area contributed by atoms with Gasteiger partial charge in [-0.15, -0.1) is 0 Å². The van der Waals surface area contributed by atoms with Crippen LogP contribution in [0, 0.1) is 0 Å². The van der Waals surface area contributed by atoms with Crippen molar-refractivity contribution in [3.63, 3.8) is 0 Å². The number of fused-ring (bicyclic) bond motifs is 1. The summed E-state index contributed by atoms with van der Waals surface area (Å²) >= 11 is 0. The van der Waals surface area contributed by atoms with Crippen molar-refractivity contribution in [1.29, 1.82) is 0 Å². The van der Waals surface area contributed by atoms with Gasteiger partial charge in [0.25, 0.3) is 0 Å². The molecule has 1 aromatic carbocycles. The summed E-state index contributed by atoms with van der Waals surface area (Å²) in [6.07, 6.45) is 4.20. The highest BCUT2D eigenvalue weighted by Crippen LogP contribution is 2.30. The Morgan fingerprint density at radius 1 is 1.33 bits per heavy atom. The minimum atomic E-state index is -0.191. The van der Waals surface area contributed by atoms with Crippen molar-refractivity contribution in [2.24, 2.45) is 0 Å². The minimum Gasteiger partial charge on any atom is -0.397 e. The maximum Gasteiger partial charge on any atom is 0.0630 e. The van der Waals surface area contributed by atoms with E-state index in [0.29, 0.717) is 6.42 Å². The maximum absolute atomic E-state index is 9.04. The van der Waals surface area contributed by atoms with Crippen LogP contribution < -0.4 is 11.1 Å². The molecule has 2 aromatic rings. The van der Waals surface area contributed by atoms with E-state index in [1.807, 2.05) is 32.0 Å². The first kappa shape index (κ1) is 12.6. The van der Waals surface area contributed by atoms with Crippen LogP contribution in [0.5, 0.6) is 0 Å². The van der Waals surface area contributed by atoms with Gasteiger partial charge in [0.2, 0.25) is 0 Å². The van der Waals surface area contributed by atoms with Gasteiger partial charge in [0.1, 0.15) is 0 Å². The second-order valence-corrected chi connectivity index (χ2v) is 5.11. The lowest BCUT2D eigenvalue weighted by molar-refractivity contribution is 0.261. The van der Waals surface area contributed by atoms with Gasteiger partial charge in [0, 0.05) is 35.3 Å². The number of aliphatic hydroxyl groups is 1. The van der Waals surface area contributed by atoms with Crippen molar-refractivity contribution in [2.75, 3.05) is 17.7 Å². The Kier molecular flexibility index (Phi) is 3.39. The standard InChI is InChI=1S/C14H19N3O/c1-14(2,6-8-18)17-12-4-3-10-9-16-7-5-11(10)13(12)15/h3-5,7,9,17-18H,6,8,15H2,1-2H3. The van der Waals surface area contributed by atoms with Crippen LogP contribution in [0.25, 0.3) is 10.8 Å². The molecule has 0 fully saturated rings. The third kappa shape index (κ3) is 2.54. The van der Waals surface area contributed by atoms with Gasteiger partial charge in [-0.2, -0.15) is 0 Å². The van der Waals surface area contributed by atoms with Crippen LogP contribution in [-0.2, 0) is 0 Å². The molecule has 0 aliphatic rings. The van der Waals surface area contributed by atoms with E-state index in [-0.39, 0.29) is 12.1 Å². The molecule has 4 nitrogen and oxygen atoms in total. The maximum atomic E-state index is 9.04. The van der Waals surface area contributed by atoms with Gasteiger partial charge >= 0.3 is 0 Å². The molecule has 0 spiro atoms. The lowest BCUT2D eigenvalue weighted by atomic mass is 10.00. The van der Waals surface area contributed by atoms with Crippen LogP contribution in [0.15, 0.2) is 30.6 Å². The fourth-order valence-electron chi connectivity index (χ4n) is 2.01. The monoisotopic (exact) mass is 245 g/mol. The van der Waals surface area contributed by atoms with Gasteiger partial charge in [-0.25, -0.2) is 0 Å². The second kappa shape index (κ2) is 4.82. The fourth-order valence-corrected chi connectivity index (χ4v) is 2.01. The van der Waals surface area contributed by atoms with E-state index in [1.54, 1.807) is 12.4 Å². The zero-order valence-corrected chi connectivity index (χ0v) is 10.8. The molecule has 0 amide bonds. The first-order valence-electron chi connectivity index (χ1n) is 6.05. The molecular formula is C14H19N3O. The number of hydrogen-bond donors (Lipinski definition) is 3. The Hall–Kier alpha value is -1.81. The highest BCUT2D eigenvalue weighted by molar-refractivity contribution is 5.98. The smallest absolute Gasteiger partial charge is 0.0630 e. The van der Waals surface area contributed by atoms with Crippen LogP contribution in [0.3, 0.4) is 0 Å². The van der Waals surface area contributed by atoms with Gasteiger partial charge in [-0.1, -0.05) is 6.07 Å². The number of nitrogens with zero attached hydrogens (tertiary/aromatic N) is 1. The molecule has 4 N–H and O–H groups in total. The summed E-state index contributed by atoms with van der Waals surface area (Å²) < 4.78 is 0. The fraction of sp³-hybridized carbons (Fsp3) is 0.357. The summed E-state index contributed by atoms with van der Waals surface area (Å²) in [4.78, 5) is 4.08. The molecule has 96 valence electrons. The summed E-state index contributed by atoms with van der Waals surface area (Å²) in [6.45, 7) is 4.23. The van der Waals surface area contributed by atoms with Crippen LogP contribution in [0.4, 0.5) is 11.4 Å². The Labute approximate surface area is 107 Å². The highest BCUT2D eigenvalue weighted by atomic mass is 16.3. The number of nitrogen functional groups attached to an aromatic ring is 1. The number of aliphatic hydroxyl groups excluding tert-OH is 1. The summed E-state index contributed by atoms with van der Waals surface area (Å²) in [5.74, 6) is 0. The van der Waals surface area contributed by atoms with Crippen molar-refractivity contribution in [1.82, 2.24) is 4.98 Å². The van der Waals surface area contributed by atoms with E-state index in [1.165, 1.54) is 0 Å². The minimum absolute atomic E-state index is 0.150. The van der Waals surface area contributed by atoms with Crippen LogP contribution in [0.1, 0.15) is 20.3 Å². The van der Waals surface area contributed by atoms with Crippen molar-refractivity contribution in [3.05, 3.63) is 30.6 Å². The van der Waals surface area contributed by atoms with Crippen molar-refractivity contribution in [3.8, 4) is 0 Å². The molecule has 0 bridgehead atoms. The first-order valence-corrected chi connectivity index (χ1v) is 6.05. The second-order valence-electron chi connectivity index (χ2n) is 5.11. The number of nitrogens with one attached hydrogen (secondary N) is 1. The molecule has 0 aliphatic heterocycles. The van der Waals surface area contributed by atoms with E-state index in [0.717, 1.165) is 22.1 Å². The molecule has 1 heterocycles. The molecule has 18 heavy (non-hydrogen) atoms. The number of aromatic nitrogens is 1. The van der Waals surface area contributed by atoms with E-state index in [4.69, 9.17) is 10.8 Å². The zero-order valence-electron chi connectivity index (χ0n) is 10.8. The molecule has 0 radical (unpaired) electrons. The third-order valence-corrected chi connectivity index (χ3v) is 3.07. The van der Waals surface area contributed by atoms with Gasteiger partial charge in [0.05, 0.1) is 11.4 Å². The number of pyridine rings is 1. The quantitative estimate of drug-likeness (QED) is 0.723. The normalized spacial score (nSPS) is 11.7. The van der Waals surface area contributed by atoms with Crippen LogP contribution in [-0.4, -0.2) is 22.2 Å². The third-order valence-electron chi connectivity index (χ3n) is 3.07. The van der Waals surface area contributed by atoms with E-state index >= 15 is 0 Å². The lowest BCUT2D eigenvalue weighted by Gasteiger charge is -2.27. The predicted octanol–water partition coefficient (Wildman–Crippen LogP) is 2.39. The molecule has 4 heteroatoms. The number of benzene rings is 1. The predicted molar refractivity (Wildman–Crippen MR) is 75.6 cm³/mol. The Morgan fingerprint density at radius 3 is 2.83 bits per heavy atom. The summed E-state index contributed by atoms with van der Waals surface area (Å²) in [5.41, 5.74) is 7.60. The number of rotatable bonds is 4. The summed E-state index contributed by atoms with van der Waals surface area (Å²) in [7, 11) is 0. The molecule has 0 unspecified atom stereocenters. The van der Waals surface area contributed by atoms with Crippen LogP contribution in [0.2, 0.25) is 0 Å². The molecular weight excluding hydrogens is 226 g/mol. The molecule has 0 saturated carbocycles. The van der Waals surface area contributed by atoms with Crippen molar-refractivity contribution in [2.45, 2.75) is 25.8 Å². The number of anilines is 2. The van der Waals surface area contributed by atoms with Crippen molar-refractivity contribution >= 4 is 22.1 Å². The van der Waals surface area contributed by atoms with E-state index in [2.05, 4.69) is 10.3 Å². The topological polar surface area (TPSA) is 71.2 Å². The van der Waals surface area contributed by atoms with Crippen LogP contribution >= 0.6 is 0 Å². The Morgan fingerprint density at radius 2 is 2.11 bits per heavy atom. The Bertz CT molecular complexity index is 552. The summed E-state index contributed by atoms with van der Waals surface area (Å²) in [5, 5.41) is 14.4. The molecule has 0 atom stereocenters. The first-order chi connectivity index (χ1) is 8.53. The zero-order chi connectivity index (χ0) is 13.2. The van der Waals surface area contributed by atoms with Crippen molar-refractivity contribution < 1.29 is 5.11 Å². The molecule has 0 aliphatic carbocycles. The van der Waals surface area contributed by atoms with E-state index in [9.17, 15) is 0 Å². The Balaban J connectivity index is 2.37. The molecule has 1 aromatic heterocycles. The average Bonchev–Trinajstić information content (AvgIpc) is 2.33. The van der Waals surface area contributed by atoms with Gasteiger partial charge < -0.3 is 16.2 Å². The van der Waals surface area contributed by atoms with Gasteiger partial charge in [-0.05, 0) is 32.4 Å². The average molecular weight is 245 g/mol. The highest BCUT2D eigenvalue weighted by Gasteiger charge is 2.18. The lowest BCUT2D eigenvalue weighted by Crippen LogP contribution is -2.32. The van der Waals surface area contributed by atoms with E-state index < -0.39 is 0 Å². The number of nitrogens with two attached hydrogens (primary N) is 1. The summed E-state index contributed by atoms with van der Waals surface area (Å²) in [6, 6.07) is 5.86. The van der Waals surface area contributed by atoms with Gasteiger partial charge in [-0.3, -0.25) is 4.98 Å². The van der Waals surface area contributed by atoms with Gasteiger partial charge in [0.15, 0.2) is 0 Å².